The van der Waals surface area contributed by atoms with E-state index < -0.39 is 11.9 Å². The van der Waals surface area contributed by atoms with Gasteiger partial charge in [0.25, 0.3) is 0 Å². The number of aromatic hydroxyl groups is 1. The van der Waals surface area contributed by atoms with E-state index in [0.29, 0.717) is 40.3 Å². The summed E-state index contributed by atoms with van der Waals surface area (Å²) in [5.74, 6) is 0.799. The minimum atomic E-state index is -4.65. The molecule has 2 N–H and O–H groups in total. The fraction of sp³-hybridized carbons (Fsp3) is 0.360. The number of rotatable bonds is 4. The van der Waals surface area contributed by atoms with Crippen LogP contribution < -0.4 is 5.32 Å². The largest absolute Gasteiger partial charge is 0.507 e. The van der Waals surface area contributed by atoms with Crippen molar-refractivity contribution in [3.63, 3.8) is 0 Å². The van der Waals surface area contributed by atoms with Gasteiger partial charge in [-0.25, -0.2) is 9.97 Å². The molecule has 172 valence electrons. The Hall–Kier alpha value is -3.13. The van der Waals surface area contributed by atoms with Gasteiger partial charge in [0, 0.05) is 11.9 Å². The smallest absolute Gasteiger partial charge is 0.435 e. The first-order valence-corrected chi connectivity index (χ1v) is 11.2. The Balaban J connectivity index is 1.79. The molecule has 1 saturated heterocycles. The maximum atomic E-state index is 14.1. The number of halogens is 3. The zero-order valence-electron chi connectivity index (χ0n) is 18.3. The van der Waals surface area contributed by atoms with E-state index in [1.54, 1.807) is 24.3 Å². The molecule has 5 rings (SSSR count). The highest BCUT2D eigenvalue weighted by Crippen LogP contribution is 2.40. The van der Waals surface area contributed by atoms with Crippen molar-refractivity contribution in [3.05, 3.63) is 53.7 Å². The molecule has 0 radical (unpaired) electrons. The van der Waals surface area contributed by atoms with Crippen molar-refractivity contribution in [1.29, 1.82) is 0 Å². The third kappa shape index (κ3) is 4.04. The van der Waals surface area contributed by atoms with Crippen molar-refractivity contribution in [3.8, 4) is 17.1 Å². The highest BCUT2D eigenvalue weighted by atomic mass is 19.4. The van der Waals surface area contributed by atoms with Crippen molar-refractivity contribution in [2.75, 3.05) is 13.1 Å². The van der Waals surface area contributed by atoms with Crippen LogP contribution >= 0.6 is 0 Å². The van der Waals surface area contributed by atoms with Gasteiger partial charge in [-0.2, -0.15) is 13.2 Å². The summed E-state index contributed by atoms with van der Waals surface area (Å²) in [5, 5.41) is 14.5. The lowest BCUT2D eigenvalue weighted by Crippen LogP contribution is -2.28. The molecule has 0 amide bonds. The highest BCUT2D eigenvalue weighted by Gasteiger charge is 2.38. The molecule has 1 aliphatic rings. The molecule has 0 spiro atoms. The van der Waals surface area contributed by atoms with Gasteiger partial charge >= 0.3 is 6.18 Å². The Morgan fingerprint density at radius 3 is 2.58 bits per heavy atom. The summed E-state index contributed by atoms with van der Waals surface area (Å²) in [6, 6.07) is 12.0. The van der Waals surface area contributed by atoms with Crippen molar-refractivity contribution in [1.82, 2.24) is 19.9 Å². The SMILES string of the molecule is Cc1ccc2c(c1)nc(C(F)(F)F)c1nc(-c3ccccc3O)n(CCC3CCNCC3)c12. The van der Waals surface area contributed by atoms with E-state index >= 15 is 0 Å². The van der Waals surface area contributed by atoms with Crippen LogP contribution in [0.3, 0.4) is 0 Å². The summed E-state index contributed by atoms with van der Waals surface area (Å²) in [5.41, 5.74) is 0.785. The average molecular weight is 454 g/mol. The van der Waals surface area contributed by atoms with Crippen LogP contribution in [-0.2, 0) is 12.7 Å². The minimum Gasteiger partial charge on any atom is -0.507 e. The van der Waals surface area contributed by atoms with E-state index in [2.05, 4.69) is 15.3 Å². The van der Waals surface area contributed by atoms with Gasteiger partial charge in [-0.3, -0.25) is 0 Å². The number of piperidine rings is 1. The van der Waals surface area contributed by atoms with Crippen molar-refractivity contribution in [2.45, 2.75) is 38.9 Å². The minimum absolute atomic E-state index is 0.0161. The number of para-hydroxylation sites is 1. The fourth-order valence-corrected chi connectivity index (χ4v) is 4.76. The Bertz CT molecular complexity index is 1320. The van der Waals surface area contributed by atoms with Crippen LogP contribution in [0.5, 0.6) is 5.75 Å². The average Bonchev–Trinajstić information content (AvgIpc) is 3.16. The summed E-state index contributed by atoms with van der Waals surface area (Å²) in [4.78, 5) is 8.44. The third-order valence-corrected chi connectivity index (χ3v) is 6.47. The third-order valence-electron chi connectivity index (χ3n) is 6.47. The molecule has 2 aromatic heterocycles. The second kappa shape index (κ2) is 8.33. The number of nitrogens with zero attached hydrogens (tertiary/aromatic N) is 3. The van der Waals surface area contributed by atoms with Crippen molar-refractivity contribution < 1.29 is 18.3 Å². The maximum absolute atomic E-state index is 14.1. The number of phenolic OH excluding ortho intramolecular Hbond substituents is 1. The standard InChI is InChI=1S/C25H25F3N4O/c1-15-6-7-17-19(14-15)30-23(25(26,27)28)21-22(17)32(13-10-16-8-11-29-12-9-16)24(31-21)18-4-2-3-5-20(18)33/h2-7,14,16,29,33H,8-13H2,1H3. The van der Waals surface area contributed by atoms with Gasteiger partial charge in [-0.05, 0) is 69.0 Å². The molecule has 1 fully saturated rings. The van der Waals surface area contributed by atoms with Gasteiger partial charge in [0.15, 0.2) is 5.69 Å². The monoisotopic (exact) mass is 454 g/mol. The van der Waals surface area contributed by atoms with E-state index in [0.717, 1.165) is 37.9 Å². The van der Waals surface area contributed by atoms with Gasteiger partial charge in [0.05, 0.1) is 16.6 Å². The second-order valence-corrected chi connectivity index (χ2v) is 8.76. The molecule has 1 aliphatic heterocycles. The highest BCUT2D eigenvalue weighted by molar-refractivity contribution is 6.05. The second-order valence-electron chi connectivity index (χ2n) is 8.76. The molecule has 33 heavy (non-hydrogen) atoms. The summed E-state index contributed by atoms with van der Waals surface area (Å²) in [6.45, 7) is 4.24. The van der Waals surface area contributed by atoms with E-state index in [4.69, 9.17) is 0 Å². The topological polar surface area (TPSA) is 63.0 Å². The molecular formula is C25H25F3N4O. The summed E-state index contributed by atoms with van der Waals surface area (Å²) < 4.78 is 44.1. The van der Waals surface area contributed by atoms with Crippen LogP contribution in [0.15, 0.2) is 42.5 Å². The predicted molar refractivity (Wildman–Crippen MR) is 122 cm³/mol. The Kier molecular flexibility index (Phi) is 5.48. The molecular weight excluding hydrogens is 429 g/mol. The number of benzene rings is 2. The summed E-state index contributed by atoms with van der Waals surface area (Å²) in [7, 11) is 0. The van der Waals surface area contributed by atoms with E-state index in [1.807, 2.05) is 23.6 Å². The number of hydrogen-bond acceptors (Lipinski definition) is 4. The molecule has 0 saturated carbocycles. The molecule has 0 aliphatic carbocycles. The zero-order valence-corrected chi connectivity index (χ0v) is 18.3. The van der Waals surface area contributed by atoms with Crippen LogP contribution in [0.25, 0.3) is 33.3 Å². The maximum Gasteiger partial charge on any atom is 0.435 e. The van der Waals surface area contributed by atoms with Gasteiger partial charge in [0.1, 0.15) is 17.1 Å². The lowest BCUT2D eigenvalue weighted by molar-refractivity contribution is -0.139. The van der Waals surface area contributed by atoms with Crippen LogP contribution in [0.4, 0.5) is 13.2 Å². The van der Waals surface area contributed by atoms with Crippen molar-refractivity contribution >= 4 is 21.9 Å². The molecule has 0 atom stereocenters. The first-order chi connectivity index (χ1) is 15.8. The zero-order chi connectivity index (χ0) is 23.2. The van der Waals surface area contributed by atoms with E-state index in [-0.39, 0.29) is 11.3 Å². The molecule has 5 nitrogen and oxygen atoms in total. The lowest BCUT2D eigenvalue weighted by Gasteiger charge is -2.23. The fourth-order valence-electron chi connectivity index (χ4n) is 4.76. The number of nitrogens with one attached hydrogen (secondary N) is 1. The number of aryl methyl sites for hydroxylation is 2. The lowest BCUT2D eigenvalue weighted by atomic mass is 9.94. The van der Waals surface area contributed by atoms with Crippen LogP contribution in [0.1, 0.15) is 30.5 Å². The van der Waals surface area contributed by atoms with E-state index in [9.17, 15) is 18.3 Å². The van der Waals surface area contributed by atoms with Gasteiger partial charge in [-0.15, -0.1) is 0 Å². The van der Waals surface area contributed by atoms with Crippen LogP contribution in [-0.4, -0.2) is 32.7 Å². The van der Waals surface area contributed by atoms with Crippen molar-refractivity contribution in [2.24, 2.45) is 5.92 Å². The molecule has 8 heteroatoms. The normalized spacial score (nSPS) is 15.5. The van der Waals surface area contributed by atoms with Gasteiger partial charge < -0.3 is 15.0 Å². The Labute approximate surface area is 189 Å². The predicted octanol–water partition coefficient (Wildman–Crippen LogP) is 5.67. The Morgan fingerprint density at radius 1 is 1.09 bits per heavy atom. The number of hydrogen-bond donors (Lipinski definition) is 2. The first-order valence-electron chi connectivity index (χ1n) is 11.2. The molecule has 4 aromatic rings. The molecule has 3 heterocycles. The number of imidazole rings is 1. The van der Waals surface area contributed by atoms with Gasteiger partial charge in [-0.1, -0.05) is 24.3 Å². The molecule has 0 bridgehead atoms. The number of fused-ring (bicyclic) bond motifs is 3. The van der Waals surface area contributed by atoms with Gasteiger partial charge in [0.2, 0.25) is 0 Å². The van der Waals surface area contributed by atoms with Crippen LogP contribution in [0.2, 0.25) is 0 Å². The summed E-state index contributed by atoms with van der Waals surface area (Å²) in [6.07, 6.45) is -1.76. The number of aromatic nitrogens is 3. The number of pyridine rings is 1. The summed E-state index contributed by atoms with van der Waals surface area (Å²) >= 11 is 0. The quantitative estimate of drug-likeness (QED) is 0.417. The molecule has 0 unspecified atom stereocenters. The van der Waals surface area contributed by atoms with Crippen LogP contribution in [0, 0.1) is 12.8 Å². The Morgan fingerprint density at radius 2 is 1.85 bits per heavy atom. The number of phenols is 1. The molecule has 2 aromatic carbocycles. The van der Waals surface area contributed by atoms with E-state index in [1.165, 1.54) is 6.07 Å². The number of alkyl halides is 3. The first kappa shape index (κ1) is 21.7.